The highest BCUT2D eigenvalue weighted by molar-refractivity contribution is 6.17. The van der Waals surface area contributed by atoms with Gasteiger partial charge in [0.25, 0.3) is 0 Å². The Morgan fingerprint density at radius 3 is 2.74 bits per heavy atom. The number of nitrogens with one attached hydrogen (secondary N) is 1. The maximum Gasteiger partial charge on any atom is 0.229 e. The smallest absolute Gasteiger partial charge is 0.229 e. The summed E-state index contributed by atoms with van der Waals surface area (Å²) >= 11 is 5.97. The quantitative estimate of drug-likeness (QED) is 0.510. The molecule has 0 unspecified atom stereocenters. The van der Waals surface area contributed by atoms with E-state index in [9.17, 15) is 0 Å². The van der Waals surface area contributed by atoms with Crippen molar-refractivity contribution >= 4 is 23.6 Å². The summed E-state index contributed by atoms with van der Waals surface area (Å²) in [6, 6.07) is 3.89. The van der Waals surface area contributed by atoms with Gasteiger partial charge in [0.1, 0.15) is 0 Å². The summed E-state index contributed by atoms with van der Waals surface area (Å²) in [7, 11) is 2.02. The van der Waals surface area contributed by atoms with Crippen LogP contribution in [0.25, 0.3) is 11.9 Å². The molecule has 6 nitrogen and oxygen atoms in total. The molecule has 0 atom stereocenters. The van der Waals surface area contributed by atoms with Crippen molar-refractivity contribution in [1.29, 1.82) is 0 Å². The summed E-state index contributed by atoms with van der Waals surface area (Å²) in [5.74, 6) is 1.67. The first-order valence-electron chi connectivity index (χ1n) is 8.60. The van der Waals surface area contributed by atoms with Crippen molar-refractivity contribution in [2.24, 2.45) is 7.05 Å². The molecule has 0 bridgehead atoms. The topological polar surface area (TPSA) is 60.6 Å². The Kier molecular flexibility index (Phi) is 5.46. The van der Waals surface area contributed by atoms with Crippen molar-refractivity contribution in [3.8, 4) is 5.82 Å². The third-order valence-corrected chi connectivity index (χ3v) is 4.86. The summed E-state index contributed by atoms with van der Waals surface area (Å²) in [6.07, 6.45) is 7.52. The second-order valence-corrected chi connectivity index (χ2v) is 6.70. The van der Waals surface area contributed by atoms with Crippen LogP contribution in [0.3, 0.4) is 0 Å². The summed E-state index contributed by atoms with van der Waals surface area (Å²) < 4.78 is 3.84. The fourth-order valence-electron chi connectivity index (χ4n) is 2.66. The third kappa shape index (κ3) is 4.11. The number of allylic oxidation sites excluding steroid dienone is 1. The van der Waals surface area contributed by atoms with Gasteiger partial charge in [-0.2, -0.15) is 10.1 Å². The van der Waals surface area contributed by atoms with Gasteiger partial charge in [-0.05, 0) is 50.1 Å². The van der Waals surface area contributed by atoms with Gasteiger partial charge in [-0.25, -0.2) is 9.67 Å². The lowest BCUT2D eigenvalue weighted by molar-refractivity contribution is 0.827. The lowest BCUT2D eigenvalue weighted by Gasteiger charge is -2.06. The van der Waals surface area contributed by atoms with Gasteiger partial charge in [-0.15, -0.1) is 11.6 Å². The van der Waals surface area contributed by atoms with E-state index in [4.69, 9.17) is 11.6 Å². The monoisotopic (exact) mass is 382 g/mol. The van der Waals surface area contributed by atoms with E-state index in [1.807, 2.05) is 45.3 Å². The van der Waals surface area contributed by atoms with E-state index in [0.29, 0.717) is 23.3 Å². The molecule has 0 aliphatic rings. The zero-order valence-corrected chi connectivity index (χ0v) is 16.7. The van der Waals surface area contributed by atoms with Crippen LogP contribution in [0.1, 0.15) is 28.2 Å². The Morgan fingerprint density at radius 2 is 2.11 bits per heavy atom. The molecule has 0 aliphatic carbocycles. The molecule has 0 spiro atoms. The van der Waals surface area contributed by atoms with Crippen LogP contribution in [0.5, 0.6) is 0 Å². The van der Waals surface area contributed by atoms with Gasteiger partial charge in [0.2, 0.25) is 5.95 Å². The van der Waals surface area contributed by atoms with Crippen molar-refractivity contribution in [3.05, 3.63) is 71.1 Å². The predicted octanol–water partition coefficient (Wildman–Crippen LogP) is 4.30. The van der Waals surface area contributed by atoms with Gasteiger partial charge >= 0.3 is 0 Å². The van der Waals surface area contributed by atoms with Gasteiger partial charge < -0.3 is 9.88 Å². The molecule has 0 saturated heterocycles. The summed E-state index contributed by atoms with van der Waals surface area (Å²) in [4.78, 5) is 8.76. The summed E-state index contributed by atoms with van der Waals surface area (Å²) in [6.45, 7) is 10.1. The first kappa shape index (κ1) is 18.9. The zero-order valence-electron chi connectivity index (χ0n) is 16.0. The van der Waals surface area contributed by atoms with Crippen LogP contribution in [0, 0.1) is 20.8 Å². The molecular formula is C20H23ClN6. The Bertz CT molecular complexity index is 992. The Morgan fingerprint density at radius 1 is 1.33 bits per heavy atom. The van der Waals surface area contributed by atoms with Crippen LogP contribution in [-0.2, 0) is 12.9 Å². The highest BCUT2D eigenvalue weighted by Crippen LogP contribution is 2.18. The molecule has 7 heteroatoms. The van der Waals surface area contributed by atoms with E-state index in [-0.39, 0.29) is 0 Å². The number of anilines is 1. The lowest BCUT2D eigenvalue weighted by Crippen LogP contribution is -2.05. The summed E-state index contributed by atoms with van der Waals surface area (Å²) in [5, 5.41) is 7.57. The van der Waals surface area contributed by atoms with Gasteiger partial charge in [-0.3, -0.25) is 0 Å². The molecular weight excluding hydrogens is 360 g/mol. The van der Waals surface area contributed by atoms with E-state index in [1.165, 1.54) is 0 Å². The molecule has 0 fully saturated rings. The van der Waals surface area contributed by atoms with Crippen molar-refractivity contribution < 1.29 is 0 Å². The molecule has 0 radical (unpaired) electrons. The molecule has 3 heterocycles. The van der Waals surface area contributed by atoms with E-state index in [0.717, 1.165) is 28.2 Å². The average molecular weight is 383 g/mol. The predicted molar refractivity (Wildman–Crippen MR) is 110 cm³/mol. The average Bonchev–Trinajstić information content (AvgIpc) is 3.13. The van der Waals surface area contributed by atoms with E-state index in [2.05, 4.69) is 44.5 Å². The van der Waals surface area contributed by atoms with Gasteiger partial charge in [0, 0.05) is 48.5 Å². The van der Waals surface area contributed by atoms with E-state index < -0.39 is 0 Å². The van der Waals surface area contributed by atoms with Crippen LogP contribution in [-0.4, -0.2) is 24.3 Å². The Labute approximate surface area is 164 Å². The number of hydrogen-bond donors (Lipinski definition) is 1. The third-order valence-electron chi connectivity index (χ3n) is 4.57. The van der Waals surface area contributed by atoms with Gasteiger partial charge in [0.15, 0.2) is 5.82 Å². The standard InChI is InChI=1S/C20H23ClN6/c1-13-12-27(25-15(13)3)19-8-9-22-20(24-19)23-14(2)6-7-18-10-17(11-21)16(4)26(18)5/h6-10,12H,2,11H2,1,3-5H3,(H,22,23,24)/b7-6-. The zero-order chi connectivity index (χ0) is 19.6. The number of halogens is 1. The van der Waals surface area contributed by atoms with Crippen LogP contribution < -0.4 is 5.32 Å². The number of rotatable bonds is 6. The molecule has 0 aromatic carbocycles. The molecule has 27 heavy (non-hydrogen) atoms. The van der Waals surface area contributed by atoms with Crippen LogP contribution in [0.2, 0.25) is 0 Å². The lowest BCUT2D eigenvalue weighted by atomic mass is 10.2. The Hall–Kier alpha value is -2.86. The van der Waals surface area contributed by atoms with E-state index in [1.54, 1.807) is 10.9 Å². The number of aromatic nitrogens is 5. The first-order valence-corrected chi connectivity index (χ1v) is 9.14. The van der Waals surface area contributed by atoms with Crippen molar-refractivity contribution in [2.45, 2.75) is 26.7 Å². The minimum Gasteiger partial charge on any atom is -0.348 e. The highest BCUT2D eigenvalue weighted by atomic mass is 35.5. The van der Waals surface area contributed by atoms with Crippen LogP contribution in [0.15, 0.2) is 42.9 Å². The molecule has 0 aliphatic heterocycles. The van der Waals surface area contributed by atoms with Gasteiger partial charge in [0.05, 0.1) is 5.69 Å². The molecule has 1 N–H and O–H groups in total. The van der Waals surface area contributed by atoms with Crippen molar-refractivity contribution in [2.75, 3.05) is 5.32 Å². The SMILES string of the molecule is C=C(/C=C\c1cc(CCl)c(C)n1C)Nc1nccc(-n2cc(C)c(C)n2)n1. The number of nitrogens with zero attached hydrogens (tertiary/aromatic N) is 5. The fraction of sp³-hybridized carbons (Fsp3) is 0.250. The van der Waals surface area contributed by atoms with Crippen molar-refractivity contribution in [1.82, 2.24) is 24.3 Å². The molecule has 3 aromatic rings. The molecule has 0 amide bonds. The molecule has 3 rings (SSSR count). The molecule has 140 valence electrons. The maximum absolute atomic E-state index is 5.97. The molecule has 0 saturated carbocycles. The largest absolute Gasteiger partial charge is 0.348 e. The maximum atomic E-state index is 5.97. The van der Waals surface area contributed by atoms with Crippen LogP contribution in [0.4, 0.5) is 5.95 Å². The first-order chi connectivity index (χ1) is 12.9. The van der Waals surface area contributed by atoms with Crippen LogP contribution >= 0.6 is 11.6 Å². The number of aryl methyl sites for hydroxylation is 2. The van der Waals surface area contributed by atoms with E-state index >= 15 is 0 Å². The van der Waals surface area contributed by atoms with Crippen molar-refractivity contribution in [3.63, 3.8) is 0 Å². The number of hydrogen-bond acceptors (Lipinski definition) is 4. The highest BCUT2D eigenvalue weighted by Gasteiger charge is 2.07. The normalized spacial score (nSPS) is 11.3. The van der Waals surface area contributed by atoms with Gasteiger partial charge in [-0.1, -0.05) is 6.58 Å². The molecule has 3 aromatic heterocycles. The minimum atomic E-state index is 0.470. The number of alkyl halides is 1. The second-order valence-electron chi connectivity index (χ2n) is 6.44. The minimum absolute atomic E-state index is 0.470. The summed E-state index contributed by atoms with van der Waals surface area (Å²) in [5.41, 5.74) is 6.12. The second kappa shape index (κ2) is 7.80. The Balaban J connectivity index is 1.74. The fourth-order valence-corrected chi connectivity index (χ4v) is 2.93.